The van der Waals surface area contributed by atoms with Crippen molar-refractivity contribution in [2.24, 2.45) is 0 Å². The zero-order chi connectivity index (χ0) is 12.1. The SMILES string of the molecule is CNC(=O)CN(C)c1nccc(C)c1C#N. The summed E-state index contributed by atoms with van der Waals surface area (Å²) < 4.78 is 0. The van der Waals surface area contributed by atoms with Crippen molar-refractivity contribution in [1.29, 1.82) is 5.26 Å². The van der Waals surface area contributed by atoms with Gasteiger partial charge in [-0.15, -0.1) is 0 Å². The predicted molar refractivity (Wildman–Crippen MR) is 61.0 cm³/mol. The number of aryl methyl sites for hydroxylation is 1. The lowest BCUT2D eigenvalue weighted by Crippen LogP contribution is -2.33. The van der Waals surface area contributed by atoms with E-state index in [0.29, 0.717) is 11.4 Å². The van der Waals surface area contributed by atoms with Crippen molar-refractivity contribution in [3.63, 3.8) is 0 Å². The molecule has 84 valence electrons. The average molecular weight is 218 g/mol. The topological polar surface area (TPSA) is 69.0 Å². The lowest BCUT2D eigenvalue weighted by atomic mass is 10.1. The third-order valence-electron chi connectivity index (χ3n) is 2.27. The third-order valence-corrected chi connectivity index (χ3v) is 2.27. The number of anilines is 1. The number of carbonyl (C=O) groups excluding carboxylic acids is 1. The van der Waals surface area contributed by atoms with Crippen molar-refractivity contribution >= 4 is 11.7 Å². The number of hydrogen-bond donors (Lipinski definition) is 1. The number of hydrogen-bond acceptors (Lipinski definition) is 4. The minimum atomic E-state index is -0.116. The summed E-state index contributed by atoms with van der Waals surface area (Å²) in [7, 11) is 3.31. The summed E-state index contributed by atoms with van der Waals surface area (Å²) in [5.74, 6) is 0.417. The molecule has 1 rings (SSSR count). The lowest BCUT2D eigenvalue weighted by Gasteiger charge is -2.18. The molecule has 1 N–H and O–H groups in total. The molecule has 5 nitrogen and oxygen atoms in total. The second kappa shape index (κ2) is 5.12. The molecule has 0 aromatic carbocycles. The number of nitrogens with one attached hydrogen (secondary N) is 1. The Hall–Kier alpha value is -2.09. The van der Waals surface area contributed by atoms with Gasteiger partial charge in [0.15, 0.2) is 0 Å². The number of amides is 1. The molecule has 5 heteroatoms. The van der Waals surface area contributed by atoms with E-state index in [4.69, 9.17) is 5.26 Å². The van der Waals surface area contributed by atoms with Crippen LogP contribution >= 0.6 is 0 Å². The van der Waals surface area contributed by atoms with E-state index in [1.807, 2.05) is 6.92 Å². The normalized spacial score (nSPS) is 9.38. The molecule has 1 amide bonds. The standard InChI is InChI=1S/C11H14N4O/c1-8-4-5-14-11(9(8)6-12)15(3)7-10(16)13-2/h4-5H,7H2,1-3H3,(H,13,16). The Morgan fingerprint density at radius 2 is 2.38 bits per heavy atom. The summed E-state index contributed by atoms with van der Waals surface area (Å²) in [6.45, 7) is 2.03. The van der Waals surface area contributed by atoms with Crippen LogP contribution in [-0.2, 0) is 4.79 Å². The van der Waals surface area contributed by atoms with Crippen molar-refractivity contribution in [1.82, 2.24) is 10.3 Å². The zero-order valence-electron chi connectivity index (χ0n) is 9.61. The summed E-state index contributed by atoms with van der Waals surface area (Å²) in [4.78, 5) is 17.0. The number of rotatable bonds is 3. The van der Waals surface area contributed by atoms with Gasteiger partial charge in [-0.3, -0.25) is 4.79 Å². The quantitative estimate of drug-likeness (QED) is 0.799. The molecule has 1 heterocycles. The number of carbonyl (C=O) groups is 1. The van der Waals surface area contributed by atoms with Crippen molar-refractivity contribution < 1.29 is 4.79 Å². The highest BCUT2D eigenvalue weighted by Crippen LogP contribution is 2.18. The first-order valence-electron chi connectivity index (χ1n) is 4.87. The molecule has 0 aliphatic carbocycles. The van der Waals surface area contributed by atoms with E-state index in [1.165, 1.54) is 0 Å². The van der Waals surface area contributed by atoms with Crippen LogP contribution in [0.4, 0.5) is 5.82 Å². The van der Waals surface area contributed by atoms with E-state index in [0.717, 1.165) is 5.56 Å². The molecule has 0 spiro atoms. The van der Waals surface area contributed by atoms with E-state index < -0.39 is 0 Å². The van der Waals surface area contributed by atoms with Gasteiger partial charge >= 0.3 is 0 Å². The average Bonchev–Trinajstić information content (AvgIpc) is 2.28. The summed E-state index contributed by atoms with van der Waals surface area (Å²) in [6.07, 6.45) is 1.63. The monoisotopic (exact) mass is 218 g/mol. The van der Waals surface area contributed by atoms with Crippen molar-refractivity contribution in [2.45, 2.75) is 6.92 Å². The maximum absolute atomic E-state index is 11.2. The maximum Gasteiger partial charge on any atom is 0.239 e. The van der Waals surface area contributed by atoms with Crippen LogP contribution in [-0.4, -0.2) is 31.5 Å². The van der Waals surface area contributed by atoms with Gasteiger partial charge in [0.2, 0.25) is 5.91 Å². The minimum absolute atomic E-state index is 0.116. The van der Waals surface area contributed by atoms with Gasteiger partial charge < -0.3 is 10.2 Å². The highest BCUT2D eigenvalue weighted by Gasteiger charge is 2.13. The molecule has 0 saturated heterocycles. The van der Waals surface area contributed by atoms with Gasteiger partial charge in [-0.05, 0) is 18.6 Å². The van der Waals surface area contributed by atoms with Crippen LogP contribution in [0.15, 0.2) is 12.3 Å². The largest absolute Gasteiger partial charge is 0.358 e. The molecule has 0 saturated carbocycles. The van der Waals surface area contributed by atoms with E-state index in [-0.39, 0.29) is 12.5 Å². The fourth-order valence-electron chi connectivity index (χ4n) is 1.34. The smallest absolute Gasteiger partial charge is 0.239 e. The van der Waals surface area contributed by atoms with Crippen LogP contribution in [0, 0.1) is 18.3 Å². The van der Waals surface area contributed by atoms with Crippen LogP contribution in [0.5, 0.6) is 0 Å². The Balaban J connectivity index is 3.00. The number of nitrogens with zero attached hydrogens (tertiary/aromatic N) is 3. The van der Waals surface area contributed by atoms with Crippen LogP contribution in [0.25, 0.3) is 0 Å². The van der Waals surface area contributed by atoms with E-state index >= 15 is 0 Å². The molecule has 1 aromatic heterocycles. The predicted octanol–water partition coefficient (Wildman–Crippen LogP) is 0.444. The fourth-order valence-corrected chi connectivity index (χ4v) is 1.34. The Bertz CT molecular complexity index is 436. The molecule has 0 radical (unpaired) electrons. The van der Waals surface area contributed by atoms with Crippen molar-refractivity contribution in [2.75, 3.05) is 25.5 Å². The van der Waals surface area contributed by atoms with Gasteiger partial charge in [-0.25, -0.2) is 4.98 Å². The Morgan fingerprint density at radius 1 is 1.69 bits per heavy atom. The lowest BCUT2D eigenvalue weighted by molar-refractivity contribution is -0.119. The molecular formula is C11H14N4O. The minimum Gasteiger partial charge on any atom is -0.358 e. The number of nitriles is 1. The first-order chi connectivity index (χ1) is 7.60. The number of likely N-dealkylation sites (N-methyl/N-ethyl adjacent to an activating group) is 2. The second-order valence-corrected chi connectivity index (χ2v) is 3.47. The molecule has 0 aliphatic rings. The summed E-state index contributed by atoms with van der Waals surface area (Å²) in [5, 5.41) is 11.5. The maximum atomic E-state index is 11.2. The van der Waals surface area contributed by atoms with E-state index in [1.54, 1.807) is 31.3 Å². The van der Waals surface area contributed by atoms with Crippen LogP contribution < -0.4 is 10.2 Å². The van der Waals surface area contributed by atoms with Gasteiger partial charge in [0.1, 0.15) is 11.9 Å². The van der Waals surface area contributed by atoms with Gasteiger partial charge in [-0.1, -0.05) is 0 Å². The fraction of sp³-hybridized carbons (Fsp3) is 0.364. The molecule has 16 heavy (non-hydrogen) atoms. The van der Waals surface area contributed by atoms with Gasteiger partial charge in [-0.2, -0.15) is 5.26 Å². The number of aromatic nitrogens is 1. The summed E-state index contributed by atoms with van der Waals surface area (Å²) >= 11 is 0. The first-order valence-corrected chi connectivity index (χ1v) is 4.87. The zero-order valence-corrected chi connectivity index (χ0v) is 9.61. The third kappa shape index (κ3) is 2.48. The van der Waals surface area contributed by atoms with Crippen LogP contribution in [0.3, 0.4) is 0 Å². The first kappa shape index (κ1) is 12.0. The van der Waals surface area contributed by atoms with Crippen LogP contribution in [0.2, 0.25) is 0 Å². The molecule has 0 bridgehead atoms. The van der Waals surface area contributed by atoms with Gasteiger partial charge in [0, 0.05) is 20.3 Å². The molecule has 0 aliphatic heterocycles. The van der Waals surface area contributed by atoms with Crippen LogP contribution in [0.1, 0.15) is 11.1 Å². The molecule has 0 fully saturated rings. The summed E-state index contributed by atoms with van der Waals surface area (Å²) in [6, 6.07) is 3.87. The Kier molecular flexibility index (Phi) is 3.84. The van der Waals surface area contributed by atoms with E-state index in [2.05, 4.69) is 16.4 Å². The van der Waals surface area contributed by atoms with Gasteiger partial charge in [0.25, 0.3) is 0 Å². The second-order valence-electron chi connectivity index (χ2n) is 3.47. The van der Waals surface area contributed by atoms with E-state index in [9.17, 15) is 4.79 Å². The highest BCUT2D eigenvalue weighted by molar-refractivity contribution is 5.81. The Morgan fingerprint density at radius 3 is 2.94 bits per heavy atom. The summed E-state index contributed by atoms with van der Waals surface area (Å²) in [5.41, 5.74) is 1.37. The molecule has 1 aromatic rings. The highest BCUT2D eigenvalue weighted by atomic mass is 16.1. The van der Waals surface area contributed by atoms with Gasteiger partial charge in [0.05, 0.1) is 12.1 Å². The molecule has 0 unspecified atom stereocenters. The van der Waals surface area contributed by atoms with Crippen molar-refractivity contribution in [3.05, 3.63) is 23.4 Å². The number of pyridine rings is 1. The Labute approximate surface area is 94.7 Å². The van der Waals surface area contributed by atoms with Crippen molar-refractivity contribution in [3.8, 4) is 6.07 Å². The molecular weight excluding hydrogens is 204 g/mol. The molecule has 0 atom stereocenters.